The molecule has 1 atom stereocenters. The zero-order valence-electron chi connectivity index (χ0n) is 12.2. The molecule has 0 saturated carbocycles. The first-order chi connectivity index (χ1) is 7.84. The van der Waals surface area contributed by atoms with Crippen molar-refractivity contribution in [2.75, 3.05) is 0 Å². The minimum Gasteiger partial charge on any atom is -0.0914 e. The molecule has 0 saturated heterocycles. The zero-order chi connectivity index (χ0) is 13.1. The highest BCUT2D eigenvalue weighted by atomic mass is 14.2. The summed E-state index contributed by atoms with van der Waals surface area (Å²) in [5.41, 5.74) is 4.57. The molecule has 0 aliphatic rings. The van der Waals surface area contributed by atoms with Crippen molar-refractivity contribution in [2.45, 2.75) is 53.4 Å². The first-order valence-corrected chi connectivity index (χ1v) is 6.57. The van der Waals surface area contributed by atoms with Crippen LogP contribution >= 0.6 is 0 Å². The maximum Gasteiger partial charge on any atom is -0.0129 e. The van der Waals surface area contributed by atoms with Gasteiger partial charge in [-0.05, 0) is 48.3 Å². The van der Waals surface area contributed by atoms with E-state index in [1.165, 1.54) is 16.7 Å². The SMILES string of the molecule is C/C=C\C(C)Cc1ccc(C)c(C(C)(C)C)c1. The molecule has 0 amide bonds. The van der Waals surface area contributed by atoms with Gasteiger partial charge < -0.3 is 0 Å². The van der Waals surface area contributed by atoms with Crippen molar-refractivity contribution in [1.29, 1.82) is 0 Å². The summed E-state index contributed by atoms with van der Waals surface area (Å²) in [6.45, 7) is 13.4. The van der Waals surface area contributed by atoms with E-state index in [1.54, 1.807) is 0 Å². The molecule has 1 rings (SSSR count). The van der Waals surface area contributed by atoms with E-state index < -0.39 is 0 Å². The van der Waals surface area contributed by atoms with Crippen LogP contribution in [0.3, 0.4) is 0 Å². The van der Waals surface area contributed by atoms with Gasteiger partial charge in [0, 0.05) is 0 Å². The Hall–Kier alpha value is -1.04. The predicted octanol–water partition coefficient (Wildman–Crippen LogP) is 5.05. The molecular formula is C17H26. The smallest absolute Gasteiger partial charge is 0.0129 e. The van der Waals surface area contributed by atoms with Crippen molar-refractivity contribution < 1.29 is 0 Å². The Morgan fingerprint density at radius 3 is 2.41 bits per heavy atom. The summed E-state index contributed by atoms with van der Waals surface area (Å²) in [5.74, 6) is 0.621. The van der Waals surface area contributed by atoms with Crippen molar-refractivity contribution in [1.82, 2.24) is 0 Å². The monoisotopic (exact) mass is 230 g/mol. The lowest BCUT2D eigenvalue weighted by molar-refractivity contribution is 0.584. The van der Waals surface area contributed by atoms with Gasteiger partial charge in [-0.1, -0.05) is 58.0 Å². The fourth-order valence-electron chi connectivity index (χ4n) is 2.37. The topological polar surface area (TPSA) is 0 Å². The third-order valence-electron chi connectivity index (χ3n) is 3.19. The van der Waals surface area contributed by atoms with Crippen LogP contribution < -0.4 is 0 Å². The molecule has 0 fully saturated rings. The molecule has 0 spiro atoms. The van der Waals surface area contributed by atoms with Crippen LogP contribution in [0.2, 0.25) is 0 Å². The highest BCUT2D eigenvalue weighted by Gasteiger charge is 2.16. The molecule has 1 aromatic rings. The molecule has 0 aliphatic heterocycles. The standard InChI is InChI=1S/C17H26/c1-7-8-13(2)11-15-10-9-14(3)16(12-15)17(4,5)6/h7-10,12-13H,11H2,1-6H3/b8-7-. The van der Waals surface area contributed by atoms with Crippen LogP contribution in [0.5, 0.6) is 0 Å². The van der Waals surface area contributed by atoms with E-state index >= 15 is 0 Å². The fourth-order valence-corrected chi connectivity index (χ4v) is 2.37. The number of rotatable bonds is 3. The Morgan fingerprint density at radius 2 is 1.88 bits per heavy atom. The lowest BCUT2D eigenvalue weighted by Gasteiger charge is -2.23. The van der Waals surface area contributed by atoms with Gasteiger partial charge in [0.1, 0.15) is 0 Å². The van der Waals surface area contributed by atoms with Crippen LogP contribution in [-0.2, 0) is 11.8 Å². The Balaban J connectivity index is 2.97. The maximum atomic E-state index is 2.38. The molecule has 0 heteroatoms. The Morgan fingerprint density at radius 1 is 1.24 bits per heavy atom. The summed E-state index contributed by atoms with van der Waals surface area (Å²) in [6, 6.07) is 6.91. The van der Waals surface area contributed by atoms with Gasteiger partial charge in [0.2, 0.25) is 0 Å². The van der Waals surface area contributed by atoms with Crippen LogP contribution in [0, 0.1) is 12.8 Å². The number of hydrogen-bond donors (Lipinski definition) is 0. The second-order valence-corrected chi connectivity index (χ2v) is 6.11. The van der Waals surface area contributed by atoms with Gasteiger partial charge in [0.05, 0.1) is 0 Å². The minimum absolute atomic E-state index is 0.240. The molecule has 0 heterocycles. The molecule has 94 valence electrons. The second kappa shape index (κ2) is 5.53. The van der Waals surface area contributed by atoms with Gasteiger partial charge in [0.15, 0.2) is 0 Å². The fraction of sp³-hybridized carbons (Fsp3) is 0.529. The third-order valence-corrected chi connectivity index (χ3v) is 3.19. The largest absolute Gasteiger partial charge is 0.0914 e. The van der Waals surface area contributed by atoms with Gasteiger partial charge in [-0.15, -0.1) is 0 Å². The molecule has 0 aromatic heterocycles. The molecular weight excluding hydrogens is 204 g/mol. The van der Waals surface area contributed by atoms with Gasteiger partial charge in [0.25, 0.3) is 0 Å². The highest BCUT2D eigenvalue weighted by Crippen LogP contribution is 2.27. The van der Waals surface area contributed by atoms with E-state index in [2.05, 4.69) is 71.9 Å². The van der Waals surface area contributed by atoms with E-state index in [0.717, 1.165) is 6.42 Å². The summed E-state index contributed by atoms with van der Waals surface area (Å²) >= 11 is 0. The van der Waals surface area contributed by atoms with Crippen LogP contribution in [-0.4, -0.2) is 0 Å². The van der Waals surface area contributed by atoms with Gasteiger partial charge >= 0.3 is 0 Å². The Kier molecular flexibility index (Phi) is 4.56. The summed E-state index contributed by atoms with van der Waals surface area (Å²) in [7, 11) is 0. The summed E-state index contributed by atoms with van der Waals surface area (Å²) < 4.78 is 0. The lowest BCUT2D eigenvalue weighted by atomic mass is 9.82. The van der Waals surface area contributed by atoms with Crippen LogP contribution in [0.1, 0.15) is 51.3 Å². The van der Waals surface area contributed by atoms with E-state index in [-0.39, 0.29) is 5.41 Å². The molecule has 1 unspecified atom stereocenters. The predicted molar refractivity (Wildman–Crippen MR) is 77.6 cm³/mol. The van der Waals surface area contributed by atoms with E-state index in [0.29, 0.717) is 5.92 Å². The molecule has 0 bridgehead atoms. The minimum atomic E-state index is 0.240. The Labute approximate surface area is 107 Å². The maximum absolute atomic E-state index is 2.38. The van der Waals surface area contributed by atoms with Crippen LogP contribution in [0.15, 0.2) is 30.4 Å². The average Bonchev–Trinajstić information content (AvgIpc) is 2.19. The van der Waals surface area contributed by atoms with Crippen molar-refractivity contribution in [3.05, 3.63) is 47.0 Å². The molecule has 0 nitrogen and oxygen atoms in total. The van der Waals surface area contributed by atoms with Gasteiger partial charge in [-0.3, -0.25) is 0 Å². The zero-order valence-corrected chi connectivity index (χ0v) is 12.2. The molecule has 0 N–H and O–H groups in total. The van der Waals surface area contributed by atoms with Crippen molar-refractivity contribution >= 4 is 0 Å². The van der Waals surface area contributed by atoms with Crippen LogP contribution in [0.4, 0.5) is 0 Å². The normalized spacial score (nSPS) is 14.2. The number of benzene rings is 1. The Bertz CT molecular complexity index is 391. The molecule has 0 aliphatic carbocycles. The average molecular weight is 230 g/mol. The van der Waals surface area contributed by atoms with E-state index in [4.69, 9.17) is 0 Å². The summed E-state index contributed by atoms with van der Waals surface area (Å²) in [4.78, 5) is 0. The number of aryl methyl sites for hydroxylation is 1. The first kappa shape index (κ1) is 14.0. The first-order valence-electron chi connectivity index (χ1n) is 6.57. The third kappa shape index (κ3) is 4.03. The molecule has 0 radical (unpaired) electrons. The molecule has 1 aromatic carbocycles. The lowest BCUT2D eigenvalue weighted by Crippen LogP contribution is -2.13. The van der Waals surface area contributed by atoms with Crippen molar-refractivity contribution in [3.63, 3.8) is 0 Å². The van der Waals surface area contributed by atoms with E-state index in [1.807, 2.05) is 0 Å². The second-order valence-electron chi connectivity index (χ2n) is 6.11. The summed E-state index contributed by atoms with van der Waals surface area (Å²) in [5, 5.41) is 0. The number of hydrogen-bond acceptors (Lipinski definition) is 0. The quantitative estimate of drug-likeness (QED) is 0.638. The van der Waals surface area contributed by atoms with E-state index in [9.17, 15) is 0 Å². The van der Waals surface area contributed by atoms with Crippen LogP contribution in [0.25, 0.3) is 0 Å². The number of allylic oxidation sites excluding steroid dienone is 2. The molecule has 17 heavy (non-hydrogen) atoms. The van der Waals surface area contributed by atoms with Crippen molar-refractivity contribution in [2.24, 2.45) is 5.92 Å². The van der Waals surface area contributed by atoms with Crippen molar-refractivity contribution in [3.8, 4) is 0 Å². The summed E-state index contributed by atoms with van der Waals surface area (Å²) in [6.07, 6.45) is 5.55. The highest BCUT2D eigenvalue weighted by molar-refractivity contribution is 5.36. The van der Waals surface area contributed by atoms with Gasteiger partial charge in [-0.2, -0.15) is 0 Å². The van der Waals surface area contributed by atoms with Gasteiger partial charge in [-0.25, -0.2) is 0 Å².